The summed E-state index contributed by atoms with van der Waals surface area (Å²) in [4.78, 5) is 13.7. The van der Waals surface area contributed by atoms with E-state index in [1.807, 2.05) is 0 Å². The van der Waals surface area contributed by atoms with Crippen LogP contribution in [0.2, 0.25) is 0 Å². The van der Waals surface area contributed by atoms with Crippen LogP contribution in [-0.2, 0) is 5.67 Å². The van der Waals surface area contributed by atoms with Crippen molar-refractivity contribution in [3.63, 3.8) is 0 Å². The molecule has 0 saturated carbocycles. The van der Waals surface area contributed by atoms with Gasteiger partial charge in [0.25, 0.3) is 0 Å². The standard InChI is InChI=1S/C7H8FNO3/c1-7(2,8)6-9-4(3-12-6)5(10)11/h3H,1-2H3,(H,10,11). The van der Waals surface area contributed by atoms with Crippen LogP contribution < -0.4 is 0 Å². The van der Waals surface area contributed by atoms with E-state index in [0.717, 1.165) is 6.26 Å². The molecular formula is C7H8FNO3. The molecular weight excluding hydrogens is 165 g/mol. The van der Waals surface area contributed by atoms with Crippen molar-refractivity contribution in [2.75, 3.05) is 0 Å². The maximum Gasteiger partial charge on any atom is 0.357 e. The van der Waals surface area contributed by atoms with Gasteiger partial charge >= 0.3 is 5.97 Å². The molecule has 0 atom stereocenters. The van der Waals surface area contributed by atoms with Crippen LogP contribution in [0.4, 0.5) is 4.39 Å². The van der Waals surface area contributed by atoms with Crippen molar-refractivity contribution in [2.24, 2.45) is 0 Å². The Bertz CT molecular complexity index is 300. The molecule has 1 N–H and O–H groups in total. The summed E-state index contributed by atoms with van der Waals surface area (Å²) in [5.74, 6) is -1.45. The second kappa shape index (κ2) is 2.58. The highest BCUT2D eigenvalue weighted by molar-refractivity contribution is 5.84. The predicted octanol–water partition coefficient (Wildman–Crippen LogP) is 1.58. The zero-order valence-corrected chi connectivity index (χ0v) is 6.67. The molecule has 1 aromatic rings. The van der Waals surface area contributed by atoms with Gasteiger partial charge in [-0.05, 0) is 13.8 Å². The van der Waals surface area contributed by atoms with Gasteiger partial charge in [-0.2, -0.15) is 0 Å². The van der Waals surface area contributed by atoms with Crippen LogP contribution in [0.5, 0.6) is 0 Å². The Hall–Kier alpha value is -1.39. The highest BCUT2D eigenvalue weighted by Gasteiger charge is 2.26. The number of alkyl halides is 1. The average molecular weight is 173 g/mol. The van der Waals surface area contributed by atoms with Crippen LogP contribution in [0, 0.1) is 0 Å². The first-order chi connectivity index (χ1) is 5.41. The van der Waals surface area contributed by atoms with E-state index in [1.54, 1.807) is 0 Å². The lowest BCUT2D eigenvalue weighted by molar-refractivity contribution is 0.0690. The molecule has 0 aliphatic heterocycles. The van der Waals surface area contributed by atoms with E-state index in [9.17, 15) is 9.18 Å². The number of carboxylic acids is 1. The van der Waals surface area contributed by atoms with Crippen LogP contribution in [0.25, 0.3) is 0 Å². The maximum atomic E-state index is 13.0. The van der Waals surface area contributed by atoms with Gasteiger partial charge in [0.1, 0.15) is 6.26 Å². The van der Waals surface area contributed by atoms with Crippen LogP contribution >= 0.6 is 0 Å². The van der Waals surface area contributed by atoms with Crippen molar-refractivity contribution in [1.82, 2.24) is 4.98 Å². The number of nitrogens with zero attached hydrogens (tertiary/aromatic N) is 1. The molecule has 0 saturated heterocycles. The molecule has 0 aliphatic carbocycles. The van der Waals surface area contributed by atoms with Gasteiger partial charge in [-0.1, -0.05) is 0 Å². The van der Waals surface area contributed by atoms with Crippen LogP contribution in [0.15, 0.2) is 10.7 Å². The lowest BCUT2D eigenvalue weighted by Gasteiger charge is -2.06. The number of oxazole rings is 1. The summed E-state index contributed by atoms with van der Waals surface area (Å²) in [6.45, 7) is 2.48. The van der Waals surface area contributed by atoms with Gasteiger partial charge in [0, 0.05) is 0 Å². The molecule has 66 valence electrons. The summed E-state index contributed by atoms with van der Waals surface area (Å²) >= 11 is 0. The van der Waals surface area contributed by atoms with E-state index in [-0.39, 0.29) is 11.6 Å². The lowest BCUT2D eigenvalue weighted by Crippen LogP contribution is -2.10. The number of rotatable bonds is 2. The SMILES string of the molecule is CC(C)(F)c1nc(C(=O)O)co1. The number of aromatic carboxylic acids is 1. The number of halogens is 1. The monoisotopic (exact) mass is 173 g/mol. The second-order valence-electron chi connectivity index (χ2n) is 2.82. The predicted molar refractivity (Wildman–Crippen MR) is 37.6 cm³/mol. The van der Waals surface area contributed by atoms with E-state index in [1.165, 1.54) is 13.8 Å². The van der Waals surface area contributed by atoms with E-state index >= 15 is 0 Å². The summed E-state index contributed by atoms with van der Waals surface area (Å²) in [5, 5.41) is 8.42. The highest BCUT2D eigenvalue weighted by atomic mass is 19.1. The molecule has 1 heterocycles. The molecule has 1 aromatic heterocycles. The molecule has 12 heavy (non-hydrogen) atoms. The third kappa shape index (κ3) is 1.61. The van der Waals surface area contributed by atoms with E-state index < -0.39 is 11.6 Å². The molecule has 0 amide bonds. The molecule has 0 unspecified atom stereocenters. The van der Waals surface area contributed by atoms with E-state index in [4.69, 9.17) is 5.11 Å². The van der Waals surface area contributed by atoms with Crippen LogP contribution in [0.1, 0.15) is 30.2 Å². The largest absolute Gasteiger partial charge is 0.476 e. The minimum Gasteiger partial charge on any atom is -0.476 e. The molecule has 0 radical (unpaired) electrons. The molecule has 5 heteroatoms. The van der Waals surface area contributed by atoms with Crippen molar-refractivity contribution < 1.29 is 18.7 Å². The summed E-state index contributed by atoms with van der Waals surface area (Å²) in [6, 6.07) is 0. The average Bonchev–Trinajstić information content (AvgIpc) is 2.30. The number of hydrogen-bond acceptors (Lipinski definition) is 3. The lowest BCUT2D eigenvalue weighted by atomic mass is 10.2. The van der Waals surface area contributed by atoms with Crippen molar-refractivity contribution in [2.45, 2.75) is 19.5 Å². The van der Waals surface area contributed by atoms with E-state index in [0.29, 0.717) is 0 Å². The number of carbonyl (C=O) groups is 1. The smallest absolute Gasteiger partial charge is 0.357 e. The zero-order valence-electron chi connectivity index (χ0n) is 6.67. The van der Waals surface area contributed by atoms with Crippen molar-refractivity contribution in [1.29, 1.82) is 0 Å². The summed E-state index contributed by atoms with van der Waals surface area (Å²) in [7, 11) is 0. The Morgan fingerprint density at radius 1 is 1.75 bits per heavy atom. The first-order valence-electron chi connectivity index (χ1n) is 3.29. The minimum atomic E-state index is -1.74. The Balaban J connectivity index is 3.00. The molecule has 0 fully saturated rings. The topological polar surface area (TPSA) is 63.3 Å². The van der Waals surface area contributed by atoms with Gasteiger partial charge < -0.3 is 9.52 Å². The quantitative estimate of drug-likeness (QED) is 0.737. The maximum absolute atomic E-state index is 13.0. The minimum absolute atomic E-state index is 0.222. The number of carboxylic acid groups (broad SMARTS) is 1. The fourth-order valence-corrected chi connectivity index (χ4v) is 0.645. The van der Waals surface area contributed by atoms with Gasteiger partial charge in [0.2, 0.25) is 5.89 Å². The van der Waals surface area contributed by atoms with Gasteiger partial charge in [0.05, 0.1) is 0 Å². The molecule has 4 nitrogen and oxygen atoms in total. The van der Waals surface area contributed by atoms with Crippen molar-refractivity contribution >= 4 is 5.97 Å². The molecule has 0 bridgehead atoms. The first kappa shape index (κ1) is 8.70. The molecule has 1 rings (SSSR count). The Labute approximate surface area is 68.0 Å². The Morgan fingerprint density at radius 3 is 2.58 bits per heavy atom. The van der Waals surface area contributed by atoms with Crippen LogP contribution in [0.3, 0.4) is 0 Å². The molecule has 0 aliphatic rings. The summed E-state index contributed by atoms with van der Waals surface area (Å²) < 4.78 is 17.7. The van der Waals surface area contributed by atoms with Crippen molar-refractivity contribution in [3.05, 3.63) is 17.8 Å². The van der Waals surface area contributed by atoms with Crippen LogP contribution in [-0.4, -0.2) is 16.1 Å². The second-order valence-corrected chi connectivity index (χ2v) is 2.82. The molecule has 0 aromatic carbocycles. The molecule has 0 spiro atoms. The van der Waals surface area contributed by atoms with Gasteiger partial charge in [0.15, 0.2) is 11.4 Å². The Kier molecular flexibility index (Phi) is 1.87. The number of aromatic nitrogens is 1. The number of hydrogen-bond donors (Lipinski definition) is 1. The first-order valence-corrected chi connectivity index (χ1v) is 3.29. The normalized spacial score (nSPS) is 11.6. The fraction of sp³-hybridized carbons (Fsp3) is 0.429. The van der Waals surface area contributed by atoms with Gasteiger partial charge in [-0.15, -0.1) is 0 Å². The van der Waals surface area contributed by atoms with Crippen molar-refractivity contribution in [3.8, 4) is 0 Å². The zero-order chi connectivity index (χ0) is 9.35. The fourth-order valence-electron chi connectivity index (χ4n) is 0.645. The highest BCUT2D eigenvalue weighted by Crippen LogP contribution is 2.23. The third-order valence-electron chi connectivity index (χ3n) is 1.23. The van der Waals surface area contributed by atoms with E-state index in [2.05, 4.69) is 9.40 Å². The summed E-state index contributed by atoms with van der Waals surface area (Å²) in [5.41, 5.74) is -2.02. The van der Waals surface area contributed by atoms with Gasteiger partial charge in [-0.3, -0.25) is 0 Å². The summed E-state index contributed by atoms with van der Waals surface area (Å²) in [6.07, 6.45) is 0.916. The Morgan fingerprint density at radius 2 is 2.33 bits per heavy atom. The van der Waals surface area contributed by atoms with Gasteiger partial charge in [-0.25, -0.2) is 14.2 Å². The third-order valence-corrected chi connectivity index (χ3v) is 1.23.